The van der Waals surface area contributed by atoms with Crippen molar-refractivity contribution in [3.05, 3.63) is 12.3 Å². The molecule has 0 radical (unpaired) electrons. The van der Waals surface area contributed by atoms with Crippen molar-refractivity contribution in [2.45, 2.75) is 13.3 Å². The number of rotatable bonds is 1. The number of thiol groups is 1. The molecule has 7 heteroatoms. The van der Waals surface area contributed by atoms with Crippen LogP contribution in [-0.2, 0) is 11.8 Å². The molecule has 0 spiro atoms. The highest BCUT2D eigenvalue weighted by Crippen LogP contribution is 2.39. The average molecular weight is 219 g/mol. The van der Waals surface area contributed by atoms with Gasteiger partial charge in [0, 0.05) is 0 Å². The lowest BCUT2D eigenvalue weighted by Gasteiger charge is -1.88. The van der Waals surface area contributed by atoms with Crippen LogP contribution in [0.5, 0.6) is 0 Å². The Bertz CT molecular complexity index is 127. The fraction of sp³-hybridized carbons (Fsp3) is 0.500. The van der Waals surface area contributed by atoms with Gasteiger partial charge in [0.15, 0.2) is 0 Å². The van der Waals surface area contributed by atoms with Crippen LogP contribution in [0, 0.1) is 0 Å². The van der Waals surface area contributed by atoms with E-state index in [4.69, 9.17) is 14.9 Å². The van der Waals surface area contributed by atoms with Gasteiger partial charge in [-0.15, -0.1) is 0 Å². The summed E-state index contributed by atoms with van der Waals surface area (Å²) in [4.78, 5) is 15.7. The molecule has 6 N–H and O–H groups in total. The van der Waals surface area contributed by atoms with Gasteiger partial charge in [-0.2, -0.15) is 0 Å². The van der Waals surface area contributed by atoms with E-state index in [1.807, 2.05) is 6.92 Å². The second kappa shape index (κ2) is 10.4. The number of aliphatic hydroxyl groups is 1. The monoisotopic (exact) mass is 219 g/mol. The molecule has 0 rings (SSSR count). The van der Waals surface area contributed by atoms with Gasteiger partial charge in [0.2, 0.25) is 5.69 Å². The minimum atomic E-state index is -3.11. The number of hydrogen-bond acceptors (Lipinski definition) is 3. The first-order valence-corrected chi connectivity index (χ1v) is 6.35. The van der Waals surface area contributed by atoms with Gasteiger partial charge in [0.1, 0.15) is 0 Å². The summed E-state index contributed by atoms with van der Waals surface area (Å²) >= 11 is 7.07. The first kappa shape index (κ1) is 17.5. The summed E-state index contributed by atoms with van der Waals surface area (Å²) in [6.45, 7) is 1.96. The van der Waals surface area contributed by atoms with Crippen molar-refractivity contribution < 1.29 is 14.9 Å². The summed E-state index contributed by atoms with van der Waals surface area (Å²) < 4.78 is 0. The van der Waals surface area contributed by atoms with E-state index in [0.717, 1.165) is 12.7 Å². The summed E-state index contributed by atoms with van der Waals surface area (Å²) in [5.41, 5.74) is -3.11. The first-order valence-electron chi connectivity index (χ1n) is 2.49. The molecule has 0 amide bonds. The molecular weight excluding hydrogens is 205 g/mol. The predicted molar refractivity (Wildman–Crippen MR) is 54.8 cm³/mol. The summed E-state index contributed by atoms with van der Waals surface area (Å²) in [7, 11) is 0. The fourth-order valence-electron chi connectivity index (χ4n) is 0.105. The minimum Gasteiger partial charge on any atom is -0.516 e. The van der Waals surface area contributed by atoms with Crippen LogP contribution in [0.15, 0.2) is 12.3 Å². The molecule has 0 aromatic carbocycles. The van der Waals surface area contributed by atoms with E-state index < -0.39 is 5.69 Å². The van der Waals surface area contributed by atoms with Gasteiger partial charge >= 0.3 is 0 Å². The Morgan fingerprint density at radius 1 is 1.55 bits per heavy atom. The van der Waals surface area contributed by atoms with Gasteiger partial charge in [-0.25, -0.2) is 0 Å². The average Bonchev–Trinajstić information content (AvgIpc) is 1.63. The lowest BCUT2D eigenvalue weighted by Crippen LogP contribution is -1.53. The molecule has 0 aliphatic heterocycles. The van der Waals surface area contributed by atoms with E-state index in [2.05, 4.69) is 24.1 Å². The van der Waals surface area contributed by atoms with Gasteiger partial charge in [-0.05, 0) is 18.2 Å². The van der Waals surface area contributed by atoms with Crippen molar-refractivity contribution in [1.29, 1.82) is 0 Å². The number of hydrogen-bond donors (Lipinski definition) is 5. The van der Waals surface area contributed by atoms with Gasteiger partial charge in [-0.1, -0.05) is 25.2 Å². The lowest BCUT2D eigenvalue weighted by molar-refractivity contribution is 0.471. The topological polar surface area (TPSA) is 95.7 Å². The molecule has 0 saturated carbocycles. The largest absolute Gasteiger partial charge is 0.516 e. The van der Waals surface area contributed by atoms with Gasteiger partial charge in [0.05, 0.1) is 6.26 Å². The summed E-state index contributed by atoms with van der Waals surface area (Å²) in [6, 6.07) is 0. The fourth-order valence-corrected chi connectivity index (χ4v) is 0.105. The molecule has 0 saturated heterocycles. The van der Waals surface area contributed by atoms with Crippen molar-refractivity contribution in [3.8, 4) is 0 Å². The number of allylic oxidation sites excluding steroid dienone is 1. The second-order valence-electron chi connectivity index (χ2n) is 1.31. The van der Waals surface area contributed by atoms with Crippen LogP contribution in [0.4, 0.5) is 0 Å². The predicted octanol–water partition coefficient (Wildman–Crippen LogP) is 1.76. The Balaban J connectivity index is -0.000000107. The minimum absolute atomic E-state index is 0. The van der Waals surface area contributed by atoms with Crippen LogP contribution in [-0.4, -0.2) is 14.9 Å². The first-order chi connectivity index (χ1) is 4.41. The van der Waals surface area contributed by atoms with E-state index in [0.29, 0.717) is 0 Å². The quantitative estimate of drug-likeness (QED) is 0.263. The van der Waals surface area contributed by atoms with E-state index in [1.54, 1.807) is 6.08 Å². The summed E-state index contributed by atoms with van der Waals surface area (Å²) in [5, 5.41) is 7.89. The smallest absolute Gasteiger partial charge is 0.239 e. The Labute approximate surface area is 76.9 Å². The maximum absolute atomic E-state index is 7.89. The molecular formula is C4H14NO3PS2. The van der Waals surface area contributed by atoms with E-state index in [1.165, 1.54) is 0 Å². The maximum atomic E-state index is 7.89. The molecule has 0 aromatic heterocycles. The van der Waals surface area contributed by atoms with Crippen molar-refractivity contribution in [3.63, 3.8) is 0 Å². The number of aliphatic hydroxyl groups excluding tert-OH is 1. The highest BCUT2D eigenvalue weighted by atomic mass is 32.9. The summed E-state index contributed by atoms with van der Waals surface area (Å²) in [5.74, 6) is 0. The van der Waals surface area contributed by atoms with Gasteiger partial charge in [-0.3, -0.25) is 0 Å². The highest BCUT2D eigenvalue weighted by Gasteiger charge is 1.90. The molecule has 0 aromatic rings. The molecule has 0 aliphatic rings. The SMILES string of the molecule is CCC=CO.N.OP(O)(=S)S. The van der Waals surface area contributed by atoms with Crippen molar-refractivity contribution in [1.82, 2.24) is 6.15 Å². The Morgan fingerprint density at radius 3 is 1.82 bits per heavy atom. The molecule has 4 nitrogen and oxygen atoms in total. The van der Waals surface area contributed by atoms with Crippen molar-refractivity contribution >= 4 is 29.7 Å². The van der Waals surface area contributed by atoms with Crippen molar-refractivity contribution in [2.75, 3.05) is 0 Å². The Kier molecular flexibility index (Phi) is 16.6. The molecule has 0 fully saturated rings. The molecule has 0 aliphatic carbocycles. The third-order valence-electron chi connectivity index (χ3n) is 0.341. The van der Waals surface area contributed by atoms with Crippen LogP contribution in [0.3, 0.4) is 0 Å². The molecule has 0 heterocycles. The van der Waals surface area contributed by atoms with Gasteiger partial charge < -0.3 is 21.0 Å². The molecule has 0 bridgehead atoms. The molecule has 11 heavy (non-hydrogen) atoms. The van der Waals surface area contributed by atoms with Gasteiger partial charge in [0.25, 0.3) is 0 Å². The molecule has 0 unspecified atom stereocenters. The van der Waals surface area contributed by atoms with Crippen molar-refractivity contribution in [2.24, 2.45) is 0 Å². The Morgan fingerprint density at radius 2 is 1.82 bits per heavy atom. The highest BCUT2D eigenvalue weighted by molar-refractivity contribution is 8.59. The van der Waals surface area contributed by atoms with Crippen LogP contribution >= 0.6 is 17.9 Å². The normalized spacial score (nSPS) is 9.82. The maximum Gasteiger partial charge on any atom is 0.239 e. The lowest BCUT2D eigenvalue weighted by atomic mass is 10.5. The summed E-state index contributed by atoms with van der Waals surface area (Å²) in [6.07, 6.45) is 3.65. The molecule has 70 valence electrons. The van der Waals surface area contributed by atoms with E-state index >= 15 is 0 Å². The molecule has 0 atom stereocenters. The van der Waals surface area contributed by atoms with E-state index in [9.17, 15) is 0 Å². The standard InChI is InChI=1S/C4H8O.H3N.H3O2PS2/c1-2-3-4-5;;1-3(2,4)5/h3-5H,2H2,1H3;1H3;(H3,1,2,4,5). The Hall–Kier alpha value is 0.420. The third-order valence-corrected chi connectivity index (χ3v) is 0.341. The van der Waals surface area contributed by atoms with E-state index in [-0.39, 0.29) is 6.15 Å². The van der Waals surface area contributed by atoms with Crippen LogP contribution < -0.4 is 6.15 Å². The zero-order valence-corrected chi connectivity index (χ0v) is 8.82. The zero-order valence-electron chi connectivity index (χ0n) is 6.21. The van der Waals surface area contributed by atoms with Crippen LogP contribution in [0.2, 0.25) is 0 Å². The van der Waals surface area contributed by atoms with Crippen LogP contribution in [0.25, 0.3) is 0 Å². The second-order valence-corrected chi connectivity index (χ2v) is 6.35. The zero-order chi connectivity index (χ0) is 8.62. The third kappa shape index (κ3) is 126. The van der Waals surface area contributed by atoms with Crippen LogP contribution in [0.1, 0.15) is 13.3 Å².